The van der Waals surface area contributed by atoms with Crippen molar-refractivity contribution in [1.29, 1.82) is 0 Å². The summed E-state index contributed by atoms with van der Waals surface area (Å²) in [5.74, 6) is 0.0881. The summed E-state index contributed by atoms with van der Waals surface area (Å²) >= 11 is 0. The predicted molar refractivity (Wildman–Crippen MR) is 103 cm³/mol. The number of urea groups is 1. The van der Waals surface area contributed by atoms with Gasteiger partial charge in [0.25, 0.3) is 0 Å². The van der Waals surface area contributed by atoms with E-state index < -0.39 is 0 Å². The second-order valence-electron chi connectivity index (χ2n) is 7.62. The number of hydrogen-bond donors (Lipinski definition) is 2. The van der Waals surface area contributed by atoms with Crippen LogP contribution >= 0.6 is 0 Å². The third-order valence-corrected chi connectivity index (χ3v) is 5.27. The van der Waals surface area contributed by atoms with Gasteiger partial charge in [-0.2, -0.15) is 0 Å². The maximum Gasteiger partial charge on any atom is 0.315 e. The van der Waals surface area contributed by atoms with Crippen molar-refractivity contribution in [2.45, 2.75) is 37.5 Å². The van der Waals surface area contributed by atoms with Crippen LogP contribution in [0, 0.1) is 0 Å². The van der Waals surface area contributed by atoms with E-state index >= 15 is 0 Å². The van der Waals surface area contributed by atoms with Crippen LogP contribution in [0.4, 0.5) is 4.79 Å². The number of benzene rings is 1. The Labute approximate surface area is 161 Å². The molecule has 2 aliphatic heterocycles. The van der Waals surface area contributed by atoms with Crippen molar-refractivity contribution in [2.75, 3.05) is 40.3 Å². The lowest BCUT2D eigenvalue weighted by Crippen LogP contribution is -2.48. The summed E-state index contributed by atoms with van der Waals surface area (Å²) in [4.78, 5) is 28.0. The van der Waals surface area contributed by atoms with Crippen LogP contribution in [0.3, 0.4) is 0 Å². The van der Waals surface area contributed by atoms with Crippen molar-refractivity contribution in [3.05, 3.63) is 35.9 Å². The minimum Gasteiger partial charge on any atom is -0.375 e. The molecule has 0 bridgehead atoms. The van der Waals surface area contributed by atoms with Crippen LogP contribution in [-0.4, -0.2) is 80.3 Å². The molecule has 1 aromatic carbocycles. The fourth-order valence-electron chi connectivity index (χ4n) is 3.75. The van der Waals surface area contributed by atoms with Crippen molar-refractivity contribution >= 4 is 11.9 Å². The minimum atomic E-state index is -0.115. The molecule has 3 atom stereocenters. The second kappa shape index (κ2) is 9.19. The molecule has 2 N–H and O–H groups in total. The molecule has 0 spiro atoms. The van der Waals surface area contributed by atoms with Gasteiger partial charge in [-0.3, -0.25) is 9.69 Å². The number of carbonyl (C=O) groups excluding carboxylic acids is 2. The van der Waals surface area contributed by atoms with E-state index in [9.17, 15) is 9.59 Å². The molecule has 7 heteroatoms. The van der Waals surface area contributed by atoms with Gasteiger partial charge in [0.05, 0.1) is 19.1 Å². The summed E-state index contributed by atoms with van der Waals surface area (Å²) < 4.78 is 5.86. The molecule has 148 valence electrons. The van der Waals surface area contributed by atoms with Gasteiger partial charge in [-0.25, -0.2) is 4.79 Å². The number of amides is 3. The summed E-state index contributed by atoms with van der Waals surface area (Å²) in [5, 5.41) is 6.01. The highest BCUT2D eigenvalue weighted by Gasteiger charge is 2.38. The molecule has 0 aliphatic carbocycles. The Kier molecular flexibility index (Phi) is 6.68. The minimum absolute atomic E-state index is 0.0606. The van der Waals surface area contributed by atoms with E-state index in [1.807, 2.05) is 18.2 Å². The van der Waals surface area contributed by atoms with E-state index in [0.29, 0.717) is 25.6 Å². The van der Waals surface area contributed by atoms with Gasteiger partial charge in [0.15, 0.2) is 0 Å². The highest BCUT2D eigenvalue weighted by Crippen LogP contribution is 2.24. The molecule has 0 unspecified atom stereocenters. The monoisotopic (exact) mass is 374 g/mol. The number of fused-ring (bicyclic) bond motifs is 1. The number of nitrogens with zero attached hydrogens (tertiary/aromatic N) is 2. The van der Waals surface area contributed by atoms with E-state index in [4.69, 9.17) is 4.74 Å². The van der Waals surface area contributed by atoms with Crippen LogP contribution in [-0.2, 0) is 16.0 Å². The van der Waals surface area contributed by atoms with Crippen LogP contribution in [0.1, 0.15) is 18.4 Å². The molecule has 0 radical (unpaired) electrons. The van der Waals surface area contributed by atoms with Crippen LogP contribution in [0.25, 0.3) is 0 Å². The maximum atomic E-state index is 12.2. The fourth-order valence-corrected chi connectivity index (χ4v) is 3.75. The smallest absolute Gasteiger partial charge is 0.315 e. The Balaban J connectivity index is 1.38. The van der Waals surface area contributed by atoms with Crippen LogP contribution < -0.4 is 10.6 Å². The average molecular weight is 374 g/mol. The number of hydrogen-bond acceptors (Lipinski definition) is 4. The Bertz CT molecular complexity index is 637. The first-order valence-electron chi connectivity index (χ1n) is 9.65. The quantitative estimate of drug-likeness (QED) is 0.774. The van der Waals surface area contributed by atoms with Gasteiger partial charge in [-0.1, -0.05) is 30.3 Å². The van der Waals surface area contributed by atoms with Gasteiger partial charge >= 0.3 is 6.03 Å². The molecule has 27 heavy (non-hydrogen) atoms. The summed E-state index contributed by atoms with van der Waals surface area (Å²) in [6, 6.07) is 10.5. The summed E-state index contributed by atoms with van der Waals surface area (Å²) in [6.45, 7) is 2.80. The molecule has 3 amide bonds. The van der Waals surface area contributed by atoms with Crippen LogP contribution in [0.5, 0.6) is 0 Å². The average Bonchev–Trinajstić information content (AvgIpc) is 3.03. The first kappa shape index (κ1) is 19.6. The molecule has 2 aliphatic rings. The SMILES string of the molecule is CN(C)C(=O)C[C@H]1CN2C[C@@H](NC(=O)NCCc3ccccc3)C[C@H]2CO1. The Morgan fingerprint density at radius 3 is 2.74 bits per heavy atom. The van der Waals surface area contributed by atoms with Gasteiger partial charge in [0, 0.05) is 45.8 Å². The van der Waals surface area contributed by atoms with E-state index in [1.165, 1.54) is 5.56 Å². The Hall–Kier alpha value is -2.12. The molecular formula is C20H30N4O3. The summed E-state index contributed by atoms with van der Waals surface area (Å²) in [5.41, 5.74) is 1.21. The molecule has 2 saturated heterocycles. The Morgan fingerprint density at radius 2 is 2.00 bits per heavy atom. The van der Waals surface area contributed by atoms with Crippen molar-refractivity contribution in [3.63, 3.8) is 0 Å². The standard InChI is InChI=1S/C20H30N4O3/c1-23(2)19(25)11-18-13-24-12-16(10-17(24)14-27-18)22-20(26)21-9-8-15-6-4-3-5-7-15/h3-7,16-18H,8-14H2,1-2H3,(H2,21,22,26)/t16-,17-,18-/m0/s1. The first-order valence-corrected chi connectivity index (χ1v) is 9.65. The van der Waals surface area contributed by atoms with E-state index in [1.54, 1.807) is 19.0 Å². The van der Waals surface area contributed by atoms with E-state index in [-0.39, 0.29) is 24.1 Å². The van der Waals surface area contributed by atoms with Gasteiger partial charge in [-0.05, 0) is 18.4 Å². The summed E-state index contributed by atoms with van der Waals surface area (Å²) in [6.07, 6.45) is 2.06. The number of nitrogens with one attached hydrogen (secondary N) is 2. The molecular weight excluding hydrogens is 344 g/mol. The molecule has 7 nitrogen and oxygen atoms in total. The van der Waals surface area contributed by atoms with Crippen molar-refractivity contribution < 1.29 is 14.3 Å². The van der Waals surface area contributed by atoms with E-state index in [0.717, 1.165) is 25.9 Å². The second-order valence-corrected chi connectivity index (χ2v) is 7.62. The number of morpholine rings is 1. The zero-order valence-electron chi connectivity index (χ0n) is 16.2. The number of ether oxygens (including phenoxy) is 1. The Morgan fingerprint density at radius 1 is 1.22 bits per heavy atom. The largest absolute Gasteiger partial charge is 0.375 e. The van der Waals surface area contributed by atoms with Gasteiger partial charge in [0.2, 0.25) is 5.91 Å². The molecule has 2 fully saturated rings. The van der Waals surface area contributed by atoms with Crippen molar-refractivity contribution in [3.8, 4) is 0 Å². The maximum absolute atomic E-state index is 12.2. The van der Waals surface area contributed by atoms with Crippen molar-refractivity contribution in [2.24, 2.45) is 0 Å². The zero-order valence-corrected chi connectivity index (χ0v) is 16.2. The molecule has 0 saturated carbocycles. The normalized spacial score (nSPS) is 24.9. The van der Waals surface area contributed by atoms with Crippen molar-refractivity contribution in [1.82, 2.24) is 20.4 Å². The molecule has 0 aromatic heterocycles. The lowest BCUT2D eigenvalue weighted by molar-refractivity contribution is -0.134. The fraction of sp³-hybridized carbons (Fsp3) is 0.600. The lowest BCUT2D eigenvalue weighted by atomic mass is 10.1. The highest BCUT2D eigenvalue weighted by atomic mass is 16.5. The lowest BCUT2D eigenvalue weighted by Gasteiger charge is -2.35. The highest BCUT2D eigenvalue weighted by molar-refractivity contribution is 5.76. The van der Waals surface area contributed by atoms with Gasteiger partial charge in [0.1, 0.15) is 0 Å². The number of carbonyl (C=O) groups is 2. The predicted octanol–water partition coefficient (Wildman–Crippen LogP) is 0.848. The zero-order chi connectivity index (χ0) is 19.2. The van der Waals surface area contributed by atoms with Crippen LogP contribution in [0.15, 0.2) is 30.3 Å². The topological polar surface area (TPSA) is 73.9 Å². The van der Waals surface area contributed by atoms with Crippen LogP contribution in [0.2, 0.25) is 0 Å². The van der Waals surface area contributed by atoms with E-state index in [2.05, 4.69) is 27.7 Å². The molecule has 2 heterocycles. The first-order chi connectivity index (χ1) is 13.0. The molecule has 3 rings (SSSR count). The van der Waals surface area contributed by atoms with Gasteiger partial charge < -0.3 is 20.3 Å². The third-order valence-electron chi connectivity index (χ3n) is 5.27. The summed E-state index contributed by atoms with van der Waals surface area (Å²) in [7, 11) is 3.53. The third kappa shape index (κ3) is 5.68. The number of rotatable bonds is 6. The van der Waals surface area contributed by atoms with Gasteiger partial charge in [-0.15, -0.1) is 0 Å². The molecule has 1 aromatic rings.